The number of benzene rings is 4. The predicted molar refractivity (Wildman–Crippen MR) is 145 cm³/mol. The van der Waals surface area contributed by atoms with Crippen molar-refractivity contribution in [3.63, 3.8) is 0 Å². The van der Waals surface area contributed by atoms with E-state index in [-0.39, 0.29) is 6.08 Å². The van der Waals surface area contributed by atoms with Crippen molar-refractivity contribution in [1.29, 1.82) is 0 Å². The van der Waals surface area contributed by atoms with E-state index in [9.17, 15) is 34.8 Å². The van der Waals surface area contributed by atoms with Crippen molar-refractivity contribution in [1.82, 2.24) is 0 Å². The smallest absolute Gasteiger partial charge is 0.283 e. The quantitative estimate of drug-likeness (QED) is 0.131. The van der Waals surface area contributed by atoms with Gasteiger partial charge in [0.15, 0.2) is 6.17 Å². The Bertz CT molecular complexity index is 1720. The standard InChI is InChI=1S/C25H18.C6H4F6O3S/c1-3-9-18(10-4-1)22-15-16-23-21-14-8-7-13-20(21)17-24(23)25(22)19-11-5-2-6-12-19;7-3-1-2-4(8,16(13,14)15)6(11,12)5(3,9)10/h1-16H,17H2;1-3H,(H,13,14,15). The van der Waals surface area contributed by atoms with E-state index in [1.54, 1.807) is 0 Å². The van der Waals surface area contributed by atoms with Gasteiger partial charge in [0.25, 0.3) is 0 Å². The highest BCUT2D eigenvalue weighted by atomic mass is 32.2. The molecule has 0 bridgehead atoms. The average molecular weight is 589 g/mol. The van der Waals surface area contributed by atoms with Crippen LogP contribution >= 0.6 is 0 Å². The summed E-state index contributed by atoms with van der Waals surface area (Å²) in [7, 11) is -6.18. The van der Waals surface area contributed by atoms with E-state index in [4.69, 9.17) is 4.55 Å². The van der Waals surface area contributed by atoms with Crippen LogP contribution in [-0.4, -0.2) is 36.0 Å². The van der Waals surface area contributed by atoms with Crippen LogP contribution in [-0.2, 0) is 16.5 Å². The second-order valence-corrected chi connectivity index (χ2v) is 11.2. The summed E-state index contributed by atoms with van der Waals surface area (Å²) in [5, 5.41) is -5.05. The number of rotatable bonds is 3. The predicted octanol–water partition coefficient (Wildman–Crippen LogP) is 8.31. The Kier molecular flexibility index (Phi) is 7.11. The lowest BCUT2D eigenvalue weighted by atomic mass is 9.88. The fourth-order valence-electron chi connectivity index (χ4n) is 5.09. The van der Waals surface area contributed by atoms with Gasteiger partial charge in [-0.1, -0.05) is 97.1 Å². The summed E-state index contributed by atoms with van der Waals surface area (Å²) in [6, 6.07) is 34.9. The molecule has 212 valence electrons. The first-order chi connectivity index (χ1) is 19.3. The molecule has 0 saturated heterocycles. The van der Waals surface area contributed by atoms with Crippen molar-refractivity contribution < 1.29 is 39.3 Å². The number of hydrogen-bond acceptors (Lipinski definition) is 2. The zero-order valence-electron chi connectivity index (χ0n) is 21.1. The second-order valence-electron chi connectivity index (χ2n) is 9.66. The topological polar surface area (TPSA) is 54.4 Å². The first kappa shape index (κ1) is 28.6. The Balaban J connectivity index is 0.000000184. The van der Waals surface area contributed by atoms with Gasteiger partial charge in [0.2, 0.25) is 0 Å². The summed E-state index contributed by atoms with van der Waals surface area (Å²) in [5.74, 6) is -11.5. The van der Waals surface area contributed by atoms with Crippen molar-refractivity contribution >= 4 is 10.1 Å². The fraction of sp³-hybridized carbons (Fsp3) is 0.161. The summed E-state index contributed by atoms with van der Waals surface area (Å²) < 4.78 is 105. The highest BCUT2D eigenvalue weighted by Crippen LogP contribution is 2.53. The van der Waals surface area contributed by atoms with E-state index in [1.807, 2.05) is 0 Å². The number of fused-ring (bicyclic) bond motifs is 3. The van der Waals surface area contributed by atoms with Crippen LogP contribution in [0.3, 0.4) is 0 Å². The van der Waals surface area contributed by atoms with Crippen LogP contribution in [0, 0.1) is 0 Å². The summed E-state index contributed by atoms with van der Waals surface area (Å²) in [6.07, 6.45) is -3.56. The zero-order valence-corrected chi connectivity index (χ0v) is 21.9. The third-order valence-electron chi connectivity index (χ3n) is 7.18. The van der Waals surface area contributed by atoms with Gasteiger partial charge in [-0.2, -0.15) is 26.0 Å². The molecule has 41 heavy (non-hydrogen) atoms. The molecule has 10 heteroatoms. The Hall–Kier alpha value is -3.89. The highest BCUT2D eigenvalue weighted by Gasteiger charge is 2.79. The third-order valence-corrected chi connectivity index (χ3v) is 8.33. The number of hydrogen-bond donors (Lipinski definition) is 1. The molecule has 2 atom stereocenters. The first-order valence-corrected chi connectivity index (χ1v) is 13.8. The normalized spacial score (nSPS) is 21.8. The van der Waals surface area contributed by atoms with E-state index < -0.39 is 39.2 Å². The molecule has 0 saturated carbocycles. The summed E-state index contributed by atoms with van der Waals surface area (Å²) >= 11 is 0. The molecule has 4 aromatic carbocycles. The summed E-state index contributed by atoms with van der Waals surface area (Å²) in [6.45, 7) is 0. The minimum Gasteiger partial charge on any atom is -0.283 e. The maximum absolute atomic E-state index is 13.2. The molecule has 0 fully saturated rings. The molecule has 0 aliphatic heterocycles. The molecular formula is C31H22F6O3S. The van der Waals surface area contributed by atoms with Crippen LogP contribution in [0.25, 0.3) is 33.4 Å². The monoisotopic (exact) mass is 588 g/mol. The molecule has 2 unspecified atom stereocenters. The molecule has 6 rings (SSSR count). The molecule has 0 amide bonds. The van der Waals surface area contributed by atoms with Gasteiger partial charge < -0.3 is 0 Å². The molecule has 0 radical (unpaired) electrons. The molecule has 4 aromatic rings. The number of allylic oxidation sites excluding steroid dienone is 1. The van der Waals surface area contributed by atoms with Gasteiger partial charge in [-0.25, -0.2) is 8.78 Å². The van der Waals surface area contributed by atoms with E-state index in [0.29, 0.717) is 0 Å². The molecule has 2 aliphatic carbocycles. The molecule has 2 aliphatic rings. The lowest BCUT2D eigenvalue weighted by Crippen LogP contribution is -2.64. The second kappa shape index (κ2) is 10.2. The minimum absolute atomic E-state index is 0.384. The lowest BCUT2D eigenvalue weighted by Gasteiger charge is -2.37. The fourth-order valence-corrected chi connectivity index (χ4v) is 5.80. The van der Waals surface area contributed by atoms with E-state index >= 15 is 0 Å². The Labute approximate surface area is 232 Å². The van der Waals surface area contributed by atoms with E-state index in [1.165, 1.54) is 44.5 Å². The number of alkyl halides is 6. The van der Waals surface area contributed by atoms with Gasteiger partial charge in [0, 0.05) is 0 Å². The van der Waals surface area contributed by atoms with Gasteiger partial charge >= 0.3 is 27.0 Å². The maximum Gasteiger partial charge on any atom is 0.367 e. The van der Waals surface area contributed by atoms with E-state index in [2.05, 4.69) is 97.1 Å². The van der Waals surface area contributed by atoms with Crippen LogP contribution in [0.15, 0.2) is 109 Å². The van der Waals surface area contributed by atoms with Gasteiger partial charge in [-0.15, -0.1) is 0 Å². The number of halogens is 6. The highest BCUT2D eigenvalue weighted by molar-refractivity contribution is 7.87. The molecule has 1 N–H and O–H groups in total. The SMILES string of the molecule is O=S(=O)(O)C1(F)C=CC(F)C(F)(F)C1(F)F.c1ccc(-c2ccc3c(c2-c2ccccc2)Cc2ccccc2-3)cc1. The van der Waals surface area contributed by atoms with Crippen molar-refractivity contribution in [2.75, 3.05) is 0 Å². The van der Waals surface area contributed by atoms with Crippen LogP contribution in [0.5, 0.6) is 0 Å². The minimum atomic E-state index is -6.18. The summed E-state index contributed by atoms with van der Waals surface area (Å²) in [4.78, 5) is 0. The van der Waals surface area contributed by atoms with Gasteiger partial charge in [-0.3, -0.25) is 4.55 Å². The van der Waals surface area contributed by atoms with Crippen LogP contribution < -0.4 is 0 Å². The Morgan fingerprint density at radius 2 is 1.22 bits per heavy atom. The van der Waals surface area contributed by atoms with Crippen LogP contribution in [0.1, 0.15) is 11.1 Å². The van der Waals surface area contributed by atoms with Crippen LogP contribution in [0.4, 0.5) is 26.3 Å². The molecule has 0 spiro atoms. The average Bonchev–Trinajstić information content (AvgIpc) is 3.33. The third kappa shape index (κ3) is 4.64. The largest absolute Gasteiger partial charge is 0.367 e. The summed E-state index contributed by atoms with van der Waals surface area (Å²) in [5.41, 5.74) is 10.9. The van der Waals surface area contributed by atoms with Gasteiger partial charge in [0.05, 0.1) is 0 Å². The molecule has 3 nitrogen and oxygen atoms in total. The maximum atomic E-state index is 13.2. The van der Waals surface area contributed by atoms with Crippen molar-refractivity contribution in [3.8, 4) is 33.4 Å². The molecular weight excluding hydrogens is 566 g/mol. The van der Waals surface area contributed by atoms with Crippen LogP contribution in [0.2, 0.25) is 0 Å². The van der Waals surface area contributed by atoms with Crippen molar-refractivity contribution in [3.05, 3.63) is 120 Å². The lowest BCUT2D eigenvalue weighted by molar-refractivity contribution is -0.264. The van der Waals surface area contributed by atoms with Crippen molar-refractivity contribution in [2.24, 2.45) is 0 Å². The Morgan fingerprint density at radius 1 is 0.683 bits per heavy atom. The zero-order chi connectivity index (χ0) is 29.6. The van der Waals surface area contributed by atoms with Crippen molar-refractivity contribution in [2.45, 2.75) is 29.4 Å². The van der Waals surface area contributed by atoms with Gasteiger partial charge in [0.1, 0.15) is 0 Å². The molecule has 0 heterocycles. The Morgan fingerprint density at radius 3 is 1.83 bits per heavy atom. The first-order valence-electron chi connectivity index (χ1n) is 12.4. The van der Waals surface area contributed by atoms with Gasteiger partial charge in [-0.05, 0) is 63.1 Å². The molecule has 0 aromatic heterocycles. The van der Waals surface area contributed by atoms with E-state index in [0.717, 1.165) is 6.42 Å².